The van der Waals surface area contributed by atoms with Crippen LogP contribution in [0.5, 0.6) is 0 Å². The fourth-order valence-electron chi connectivity index (χ4n) is 4.90. The van der Waals surface area contributed by atoms with Crippen LogP contribution in [0.4, 0.5) is 0 Å². The summed E-state index contributed by atoms with van der Waals surface area (Å²) in [6.07, 6.45) is 17.3. The molecule has 180 valence electrons. The summed E-state index contributed by atoms with van der Waals surface area (Å²) in [6, 6.07) is 2.50. The van der Waals surface area contributed by atoms with Crippen molar-refractivity contribution in [1.82, 2.24) is 14.9 Å². The van der Waals surface area contributed by atoms with Crippen LogP contribution in [0.1, 0.15) is 112 Å². The zero-order valence-electron chi connectivity index (χ0n) is 20.8. The third kappa shape index (κ3) is 6.44. The molecule has 33 heavy (non-hydrogen) atoms. The molecule has 2 aliphatic carbocycles. The lowest BCUT2D eigenvalue weighted by atomic mass is 9.95. The van der Waals surface area contributed by atoms with Gasteiger partial charge in [0.1, 0.15) is 5.01 Å². The number of ketones is 1. The minimum atomic E-state index is 0.125. The molecule has 0 aromatic carbocycles. The Morgan fingerprint density at radius 2 is 1.70 bits per heavy atom. The molecule has 0 radical (unpaired) electrons. The van der Waals surface area contributed by atoms with Gasteiger partial charge in [0.15, 0.2) is 5.78 Å². The van der Waals surface area contributed by atoms with E-state index in [1.54, 1.807) is 18.3 Å². The Balaban J connectivity index is 0.000000381. The van der Waals surface area contributed by atoms with Gasteiger partial charge in [-0.15, -0.1) is 11.3 Å². The molecule has 0 unspecified atom stereocenters. The quantitative estimate of drug-likeness (QED) is 0.471. The maximum absolute atomic E-state index is 12.1. The molecule has 0 bridgehead atoms. The molecular weight excluding hydrogens is 428 g/mol. The Morgan fingerprint density at radius 1 is 1.06 bits per heavy atom. The van der Waals surface area contributed by atoms with Gasteiger partial charge < -0.3 is 9.88 Å². The summed E-state index contributed by atoms with van der Waals surface area (Å²) in [7, 11) is 0. The molecule has 0 amide bonds. The molecule has 3 aliphatic rings. The summed E-state index contributed by atoms with van der Waals surface area (Å²) >= 11 is 1.62. The van der Waals surface area contributed by atoms with Crippen molar-refractivity contribution in [2.45, 2.75) is 97.9 Å². The molecule has 2 aromatic rings. The first-order valence-corrected chi connectivity index (χ1v) is 13.7. The Morgan fingerprint density at radius 3 is 2.27 bits per heavy atom. The highest BCUT2D eigenvalue weighted by Crippen LogP contribution is 2.37. The van der Waals surface area contributed by atoms with Crippen LogP contribution in [-0.2, 0) is 0 Å². The molecule has 1 aliphatic heterocycles. The summed E-state index contributed by atoms with van der Waals surface area (Å²) in [6.45, 7) is 8.45. The number of nitrogens with zero attached hydrogens (tertiary/aromatic N) is 3. The molecule has 0 spiro atoms. The molecule has 5 nitrogen and oxygen atoms in total. The number of thiazole rings is 1. The normalized spacial score (nSPS) is 17.9. The first kappa shape index (κ1) is 25.4. The number of rotatable bonds is 4. The lowest BCUT2D eigenvalue weighted by Gasteiger charge is -2.26. The standard InChI is InChI=1S/C20H24N4OS.C5H10.C2H6/c1-13-16(14(2)25)10-19(24(13)15-6-4-3-5-7-15)18-12-26-20(23-18)17-11-21-8-9-22-17;1-2-4-5-3-1;1-2/h8,10-12,15,22H,3-7,9H2,1-2H3;1-5H2;1-2H3. The predicted octanol–water partition coefficient (Wildman–Crippen LogP) is 7.58. The Labute approximate surface area is 203 Å². The van der Waals surface area contributed by atoms with Gasteiger partial charge in [0.2, 0.25) is 0 Å². The summed E-state index contributed by atoms with van der Waals surface area (Å²) in [5, 5.41) is 6.34. The number of aliphatic imine (C=N–C) groups is 1. The van der Waals surface area contributed by atoms with Crippen molar-refractivity contribution in [3.8, 4) is 11.4 Å². The smallest absolute Gasteiger partial charge is 0.161 e. The molecule has 3 heterocycles. The van der Waals surface area contributed by atoms with E-state index in [9.17, 15) is 4.79 Å². The predicted molar refractivity (Wildman–Crippen MR) is 141 cm³/mol. The van der Waals surface area contributed by atoms with Gasteiger partial charge in [-0.25, -0.2) is 4.98 Å². The monoisotopic (exact) mass is 468 g/mol. The Hall–Kier alpha value is -2.21. The summed E-state index contributed by atoms with van der Waals surface area (Å²) < 4.78 is 2.37. The van der Waals surface area contributed by atoms with Gasteiger partial charge in [-0.1, -0.05) is 65.2 Å². The van der Waals surface area contributed by atoms with Crippen LogP contribution in [-0.4, -0.2) is 28.1 Å². The number of carbonyl (C=O) groups excluding carboxylic acids is 1. The van der Waals surface area contributed by atoms with Crippen molar-refractivity contribution in [1.29, 1.82) is 0 Å². The second kappa shape index (κ2) is 12.9. The minimum Gasteiger partial charge on any atom is -0.376 e. The van der Waals surface area contributed by atoms with Crippen LogP contribution in [0.2, 0.25) is 0 Å². The summed E-state index contributed by atoms with van der Waals surface area (Å²) in [4.78, 5) is 21.2. The minimum absolute atomic E-state index is 0.125. The van der Waals surface area contributed by atoms with Crippen molar-refractivity contribution in [3.63, 3.8) is 0 Å². The molecule has 2 fully saturated rings. The number of hydrogen-bond acceptors (Lipinski definition) is 5. The number of nitrogens with one attached hydrogen (secondary N) is 1. The number of aromatic nitrogens is 2. The van der Waals surface area contributed by atoms with Gasteiger partial charge >= 0.3 is 0 Å². The van der Waals surface area contributed by atoms with E-state index >= 15 is 0 Å². The van der Waals surface area contributed by atoms with Crippen LogP contribution >= 0.6 is 11.3 Å². The third-order valence-corrected chi connectivity index (χ3v) is 7.43. The topological polar surface area (TPSA) is 59.3 Å². The lowest BCUT2D eigenvalue weighted by molar-refractivity contribution is 0.101. The van der Waals surface area contributed by atoms with Gasteiger partial charge in [0.05, 0.1) is 29.8 Å². The third-order valence-electron chi connectivity index (χ3n) is 6.55. The number of Topliss-reactive ketones (excluding diaryl/α,β-unsaturated/α-hetero) is 1. The van der Waals surface area contributed by atoms with E-state index in [1.807, 2.05) is 32.3 Å². The van der Waals surface area contributed by atoms with E-state index in [-0.39, 0.29) is 5.78 Å². The second-order valence-corrected chi connectivity index (χ2v) is 9.67. The average Bonchev–Trinajstić information content (AvgIpc) is 3.63. The first-order valence-electron chi connectivity index (χ1n) is 12.8. The Kier molecular flexibility index (Phi) is 9.92. The Bertz CT molecular complexity index is 951. The van der Waals surface area contributed by atoms with Crippen molar-refractivity contribution < 1.29 is 4.79 Å². The molecule has 0 atom stereocenters. The largest absolute Gasteiger partial charge is 0.376 e. The van der Waals surface area contributed by atoms with Gasteiger partial charge in [-0.05, 0) is 32.8 Å². The van der Waals surface area contributed by atoms with E-state index in [4.69, 9.17) is 4.98 Å². The molecule has 6 heteroatoms. The first-order chi connectivity index (χ1) is 16.1. The van der Waals surface area contributed by atoms with Crippen molar-refractivity contribution >= 4 is 29.0 Å². The lowest BCUT2D eigenvalue weighted by Crippen LogP contribution is -2.17. The highest BCUT2D eigenvalue weighted by atomic mass is 32.1. The highest BCUT2D eigenvalue weighted by Gasteiger charge is 2.25. The van der Waals surface area contributed by atoms with Crippen LogP contribution in [0.15, 0.2) is 22.6 Å². The van der Waals surface area contributed by atoms with E-state index in [1.165, 1.54) is 64.2 Å². The SMILES string of the molecule is C1CCCC1.CC.CC(=O)c1cc(-c2csc(C3=CN=CCN3)n2)n(C2CCCCC2)c1C. The zero-order chi connectivity index (χ0) is 23.6. The van der Waals surface area contributed by atoms with Gasteiger partial charge in [-0.2, -0.15) is 0 Å². The fourth-order valence-corrected chi connectivity index (χ4v) is 5.70. The van der Waals surface area contributed by atoms with E-state index < -0.39 is 0 Å². The van der Waals surface area contributed by atoms with Gasteiger partial charge in [0.25, 0.3) is 0 Å². The maximum atomic E-state index is 12.1. The average molecular weight is 469 g/mol. The van der Waals surface area contributed by atoms with Gasteiger partial charge in [0, 0.05) is 28.9 Å². The maximum Gasteiger partial charge on any atom is 0.161 e. The van der Waals surface area contributed by atoms with Crippen molar-refractivity contribution in [3.05, 3.63) is 33.9 Å². The molecule has 2 aromatic heterocycles. The van der Waals surface area contributed by atoms with E-state index in [0.717, 1.165) is 39.9 Å². The van der Waals surface area contributed by atoms with Crippen LogP contribution in [0, 0.1) is 6.92 Å². The summed E-state index contributed by atoms with van der Waals surface area (Å²) in [5.74, 6) is 0.125. The van der Waals surface area contributed by atoms with Crippen molar-refractivity contribution in [2.24, 2.45) is 4.99 Å². The summed E-state index contributed by atoms with van der Waals surface area (Å²) in [5.41, 5.74) is 4.88. The van der Waals surface area contributed by atoms with Crippen LogP contribution < -0.4 is 5.32 Å². The van der Waals surface area contributed by atoms with Crippen LogP contribution in [0.3, 0.4) is 0 Å². The molecule has 1 N–H and O–H groups in total. The fraction of sp³-hybridized carbons (Fsp3) is 0.593. The molecule has 5 rings (SSSR count). The molecule has 2 saturated carbocycles. The highest BCUT2D eigenvalue weighted by molar-refractivity contribution is 7.11. The number of carbonyl (C=O) groups is 1. The zero-order valence-corrected chi connectivity index (χ0v) is 21.6. The molecule has 0 saturated heterocycles. The van der Waals surface area contributed by atoms with E-state index in [0.29, 0.717) is 6.04 Å². The van der Waals surface area contributed by atoms with Crippen LogP contribution in [0.25, 0.3) is 17.1 Å². The van der Waals surface area contributed by atoms with E-state index in [2.05, 4.69) is 27.2 Å². The number of hydrogen-bond donors (Lipinski definition) is 1. The van der Waals surface area contributed by atoms with Crippen molar-refractivity contribution in [2.75, 3.05) is 6.54 Å². The molecular formula is C27H40N4OS. The van der Waals surface area contributed by atoms with Gasteiger partial charge in [-0.3, -0.25) is 9.79 Å². The second-order valence-electron chi connectivity index (χ2n) is 8.81.